The van der Waals surface area contributed by atoms with E-state index < -0.39 is 10.0 Å². The summed E-state index contributed by atoms with van der Waals surface area (Å²) >= 11 is 0. The first-order valence-electron chi connectivity index (χ1n) is 7.96. The number of sulfonamides is 1. The Morgan fingerprint density at radius 1 is 1.15 bits per heavy atom. The summed E-state index contributed by atoms with van der Waals surface area (Å²) in [5, 5.41) is 13.9. The van der Waals surface area contributed by atoms with Crippen molar-refractivity contribution in [2.24, 2.45) is 10.1 Å². The van der Waals surface area contributed by atoms with Crippen LogP contribution in [0.25, 0.3) is 0 Å². The standard InChI is InChI=1S/C16H27N5O3S.HI/c1-5-18-15(20-11-14(22)21-16(2,3)4)19-10-12-6-8-13(9-7-12)25(17,23)24;/h6-9H,5,10-11H2,1-4H3,(H,21,22)(H2,17,23,24)(H2,18,19,20);1H. The quantitative estimate of drug-likeness (QED) is 0.264. The van der Waals surface area contributed by atoms with Crippen LogP contribution in [0.2, 0.25) is 0 Å². The SMILES string of the molecule is CCNC(=NCc1ccc(S(N)(=O)=O)cc1)NCC(=O)NC(C)(C)C.I. The van der Waals surface area contributed by atoms with Crippen molar-refractivity contribution in [1.82, 2.24) is 16.0 Å². The van der Waals surface area contributed by atoms with E-state index in [0.29, 0.717) is 19.0 Å². The molecule has 0 aliphatic heterocycles. The number of aliphatic imine (C=N–C) groups is 1. The number of nitrogens with zero attached hydrogens (tertiary/aromatic N) is 1. The number of carbonyl (C=O) groups is 1. The number of benzene rings is 1. The molecule has 0 fully saturated rings. The molecule has 0 spiro atoms. The summed E-state index contributed by atoms with van der Waals surface area (Å²) < 4.78 is 22.5. The predicted octanol–water partition coefficient (Wildman–Crippen LogP) is 0.922. The maximum atomic E-state index is 11.8. The highest BCUT2D eigenvalue weighted by molar-refractivity contribution is 14.0. The minimum absolute atomic E-state index is 0. The number of hydrogen-bond acceptors (Lipinski definition) is 4. The lowest BCUT2D eigenvalue weighted by Gasteiger charge is -2.21. The fraction of sp³-hybridized carbons (Fsp3) is 0.500. The third-order valence-electron chi connectivity index (χ3n) is 2.95. The first-order valence-corrected chi connectivity index (χ1v) is 9.51. The number of hydrogen-bond donors (Lipinski definition) is 4. The zero-order chi connectivity index (χ0) is 19.1. The van der Waals surface area contributed by atoms with Gasteiger partial charge in [0.05, 0.1) is 18.0 Å². The van der Waals surface area contributed by atoms with Gasteiger partial charge in [0.1, 0.15) is 0 Å². The van der Waals surface area contributed by atoms with Crippen molar-refractivity contribution in [3.63, 3.8) is 0 Å². The third-order valence-corrected chi connectivity index (χ3v) is 3.88. The molecule has 0 saturated carbocycles. The van der Waals surface area contributed by atoms with Crippen molar-refractivity contribution >= 4 is 45.9 Å². The normalized spacial score (nSPS) is 12.1. The van der Waals surface area contributed by atoms with Crippen LogP contribution in [0, 0.1) is 0 Å². The van der Waals surface area contributed by atoms with Gasteiger partial charge in [-0.2, -0.15) is 0 Å². The molecular formula is C16H28IN5O3S. The number of primary sulfonamides is 1. The molecule has 1 amide bonds. The minimum atomic E-state index is -3.70. The molecule has 0 aliphatic rings. The zero-order valence-corrected chi connectivity index (χ0v) is 18.6. The number of amides is 1. The molecule has 0 saturated heterocycles. The molecular weight excluding hydrogens is 469 g/mol. The Bertz CT molecular complexity index is 712. The molecule has 0 aromatic heterocycles. The number of nitrogens with two attached hydrogens (primary N) is 1. The molecule has 148 valence electrons. The molecule has 1 rings (SSSR count). The van der Waals surface area contributed by atoms with E-state index >= 15 is 0 Å². The third kappa shape index (κ3) is 9.92. The molecule has 0 bridgehead atoms. The van der Waals surface area contributed by atoms with Gasteiger partial charge < -0.3 is 16.0 Å². The Labute approximate surface area is 172 Å². The van der Waals surface area contributed by atoms with E-state index in [1.54, 1.807) is 12.1 Å². The van der Waals surface area contributed by atoms with Crippen molar-refractivity contribution in [3.8, 4) is 0 Å². The van der Waals surface area contributed by atoms with Gasteiger partial charge in [0, 0.05) is 12.1 Å². The molecule has 8 nitrogen and oxygen atoms in total. The van der Waals surface area contributed by atoms with Crippen LogP contribution in [0.1, 0.15) is 33.3 Å². The van der Waals surface area contributed by atoms with Crippen molar-refractivity contribution in [1.29, 1.82) is 0 Å². The maximum absolute atomic E-state index is 11.8. The van der Waals surface area contributed by atoms with Gasteiger partial charge in [-0.15, -0.1) is 24.0 Å². The first-order chi connectivity index (χ1) is 11.5. The van der Waals surface area contributed by atoms with Crippen LogP contribution in [0.3, 0.4) is 0 Å². The molecule has 0 heterocycles. The second kappa shape index (κ2) is 10.7. The number of nitrogens with one attached hydrogen (secondary N) is 3. The van der Waals surface area contributed by atoms with Crippen molar-refractivity contribution < 1.29 is 13.2 Å². The summed E-state index contributed by atoms with van der Waals surface area (Å²) in [5.41, 5.74) is 0.531. The number of carbonyl (C=O) groups excluding carboxylic acids is 1. The van der Waals surface area contributed by atoms with Gasteiger partial charge in [0.2, 0.25) is 15.9 Å². The summed E-state index contributed by atoms with van der Waals surface area (Å²) in [7, 11) is -3.70. The average molecular weight is 497 g/mol. The molecule has 1 aromatic carbocycles. The van der Waals surface area contributed by atoms with Crippen LogP contribution in [0.15, 0.2) is 34.2 Å². The smallest absolute Gasteiger partial charge is 0.239 e. The van der Waals surface area contributed by atoms with Gasteiger partial charge in [0.15, 0.2) is 5.96 Å². The van der Waals surface area contributed by atoms with E-state index in [2.05, 4.69) is 20.9 Å². The van der Waals surface area contributed by atoms with Gasteiger partial charge in [0.25, 0.3) is 0 Å². The number of rotatable bonds is 6. The summed E-state index contributed by atoms with van der Waals surface area (Å²) in [6.07, 6.45) is 0. The number of halogens is 1. The lowest BCUT2D eigenvalue weighted by atomic mass is 10.1. The van der Waals surface area contributed by atoms with Crippen LogP contribution in [-0.2, 0) is 21.4 Å². The molecule has 0 unspecified atom stereocenters. The van der Waals surface area contributed by atoms with E-state index in [1.807, 2.05) is 27.7 Å². The lowest BCUT2D eigenvalue weighted by molar-refractivity contribution is -0.121. The summed E-state index contributed by atoms with van der Waals surface area (Å²) in [6, 6.07) is 6.19. The fourth-order valence-electron chi connectivity index (χ4n) is 1.92. The zero-order valence-electron chi connectivity index (χ0n) is 15.5. The summed E-state index contributed by atoms with van der Waals surface area (Å²) in [5.74, 6) is 0.373. The first kappa shape index (κ1) is 24.6. The van der Waals surface area contributed by atoms with Crippen LogP contribution >= 0.6 is 24.0 Å². The van der Waals surface area contributed by atoms with Crippen molar-refractivity contribution in [2.75, 3.05) is 13.1 Å². The summed E-state index contributed by atoms with van der Waals surface area (Å²) in [6.45, 7) is 8.75. The molecule has 26 heavy (non-hydrogen) atoms. The summed E-state index contributed by atoms with van der Waals surface area (Å²) in [4.78, 5) is 16.3. The molecule has 1 aromatic rings. The Balaban J connectivity index is 0.00000625. The molecule has 0 atom stereocenters. The van der Waals surface area contributed by atoms with Gasteiger partial charge in [-0.05, 0) is 45.4 Å². The van der Waals surface area contributed by atoms with Gasteiger partial charge in [-0.25, -0.2) is 18.5 Å². The second-order valence-corrected chi connectivity index (χ2v) is 8.10. The lowest BCUT2D eigenvalue weighted by Crippen LogP contribution is -2.48. The topological polar surface area (TPSA) is 126 Å². The van der Waals surface area contributed by atoms with Gasteiger partial charge in [-0.1, -0.05) is 12.1 Å². The van der Waals surface area contributed by atoms with Crippen LogP contribution in [0.4, 0.5) is 0 Å². The fourth-order valence-corrected chi connectivity index (χ4v) is 2.44. The Morgan fingerprint density at radius 2 is 1.73 bits per heavy atom. The van der Waals surface area contributed by atoms with Crippen LogP contribution in [0.5, 0.6) is 0 Å². The Hall–Kier alpha value is -1.40. The highest BCUT2D eigenvalue weighted by Crippen LogP contribution is 2.09. The molecule has 0 radical (unpaired) electrons. The molecule has 5 N–H and O–H groups in total. The Morgan fingerprint density at radius 3 is 2.19 bits per heavy atom. The van der Waals surface area contributed by atoms with Crippen LogP contribution in [-0.4, -0.2) is 38.9 Å². The maximum Gasteiger partial charge on any atom is 0.239 e. The van der Waals surface area contributed by atoms with Crippen molar-refractivity contribution in [3.05, 3.63) is 29.8 Å². The highest BCUT2D eigenvalue weighted by Gasteiger charge is 2.13. The van der Waals surface area contributed by atoms with Gasteiger partial charge in [-0.3, -0.25) is 4.79 Å². The number of guanidine groups is 1. The highest BCUT2D eigenvalue weighted by atomic mass is 127. The van der Waals surface area contributed by atoms with Crippen molar-refractivity contribution in [2.45, 2.75) is 44.7 Å². The largest absolute Gasteiger partial charge is 0.357 e. The van der Waals surface area contributed by atoms with E-state index in [0.717, 1.165) is 5.56 Å². The van der Waals surface area contributed by atoms with E-state index in [1.165, 1.54) is 12.1 Å². The van der Waals surface area contributed by atoms with E-state index in [9.17, 15) is 13.2 Å². The Kier molecular flexibility index (Phi) is 10.1. The second-order valence-electron chi connectivity index (χ2n) is 6.54. The monoisotopic (exact) mass is 497 g/mol. The van der Waals surface area contributed by atoms with Crippen LogP contribution < -0.4 is 21.1 Å². The minimum Gasteiger partial charge on any atom is -0.357 e. The van der Waals surface area contributed by atoms with E-state index in [-0.39, 0.29) is 46.9 Å². The average Bonchev–Trinajstić information content (AvgIpc) is 2.48. The van der Waals surface area contributed by atoms with Gasteiger partial charge >= 0.3 is 0 Å². The predicted molar refractivity (Wildman–Crippen MR) is 114 cm³/mol. The van der Waals surface area contributed by atoms with E-state index in [4.69, 9.17) is 5.14 Å². The molecule has 10 heteroatoms. The molecule has 0 aliphatic carbocycles.